The molecule has 5 nitrogen and oxygen atoms in total. The van der Waals surface area contributed by atoms with E-state index in [9.17, 15) is 17.2 Å². The monoisotopic (exact) mass is 411 g/mol. The van der Waals surface area contributed by atoms with Crippen LogP contribution in [0.1, 0.15) is 25.6 Å². The normalized spacial score (nSPS) is 12.0. The average Bonchev–Trinajstić information content (AvgIpc) is 2.97. The van der Waals surface area contributed by atoms with E-state index in [0.29, 0.717) is 16.2 Å². The minimum Gasteiger partial charge on any atom is -0.327 e. The quantitative estimate of drug-likeness (QED) is 0.595. The van der Waals surface area contributed by atoms with Crippen molar-refractivity contribution in [3.8, 4) is 0 Å². The van der Waals surface area contributed by atoms with Crippen LogP contribution in [0.5, 0.6) is 0 Å². The van der Waals surface area contributed by atoms with Gasteiger partial charge in [0.2, 0.25) is 10.0 Å². The van der Waals surface area contributed by atoms with Crippen LogP contribution in [-0.4, -0.2) is 18.0 Å². The number of sulfonamides is 1. The number of nitrogens with two attached hydrogens (primary N) is 1. The van der Waals surface area contributed by atoms with Crippen molar-refractivity contribution in [1.29, 1.82) is 0 Å². The standard InChI is InChI=1S/C18H19F2N3O2S2/c1-2-3-8-23-17-7-5-13(27(21,24)25)10-16(17)22-18(23)11-26-12-4-6-14(19)15(20)9-12/h4-7,9-10H,2-3,8,11H2,1H3,(H2,21,24,25). The number of benzene rings is 2. The third kappa shape index (κ3) is 4.48. The molecule has 0 saturated heterocycles. The van der Waals surface area contributed by atoms with Crippen LogP contribution in [0.15, 0.2) is 46.2 Å². The van der Waals surface area contributed by atoms with Crippen molar-refractivity contribution >= 4 is 32.8 Å². The SMILES string of the molecule is CCCCn1c(CSc2ccc(F)c(F)c2)nc2cc(S(N)(=O)=O)ccc21. The van der Waals surface area contributed by atoms with E-state index < -0.39 is 21.7 Å². The summed E-state index contributed by atoms with van der Waals surface area (Å²) in [5, 5.41) is 5.20. The van der Waals surface area contributed by atoms with Crippen molar-refractivity contribution in [2.75, 3.05) is 0 Å². The molecule has 3 aromatic rings. The maximum atomic E-state index is 13.4. The Morgan fingerprint density at radius 1 is 1.15 bits per heavy atom. The topological polar surface area (TPSA) is 78.0 Å². The third-order valence-corrected chi connectivity index (χ3v) is 6.02. The first kappa shape index (κ1) is 19.8. The smallest absolute Gasteiger partial charge is 0.238 e. The largest absolute Gasteiger partial charge is 0.327 e. The number of hydrogen-bond donors (Lipinski definition) is 1. The van der Waals surface area contributed by atoms with E-state index in [1.165, 1.54) is 30.0 Å². The molecule has 0 aliphatic carbocycles. The van der Waals surface area contributed by atoms with Crippen molar-refractivity contribution in [2.45, 2.75) is 41.9 Å². The van der Waals surface area contributed by atoms with E-state index in [4.69, 9.17) is 5.14 Å². The Bertz CT molecular complexity index is 1080. The molecule has 27 heavy (non-hydrogen) atoms. The molecule has 0 amide bonds. The summed E-state index contributed by atoms with van der Waals surface area (Å²) in [5.41, 5.74) is 1.36. The second-order valence-electron chi connectivity index (χ2n) is 6.09. The van der Waals surface area contributed by atoms with E-state index in [-0.39, 0.29) is 4.90 Å². The van der Waals surface area contributed by atoms with E-state index in [2.05, 4.69) is 11.9 Å². The molecule has 3 rings (SSSR count). The molecule has 2 aromatic carbocycles. The van der Waals surface area contributed by atoms with Gasteiger partial charge in [-0.15, -0.1) is 11.8 Å². The Kier molecular flexibility index (Phi) is 5.83. The highest BCUT2D eigenvalue weighted by Gasteiger charge is 2.15. The molecule has 0 bridgehead atoms. The van der Waals surface area contributed by atoms with Gasteiger partial charge in [0.15, 0.2) is 11.6 Å². The second kappa shape index (κ2) is 7.95. The number of primary sulfonamides is 1. The van der Waals surface area contributed by atoms with Crippen molar-refractivity contribution in [3.05, 3.63) is 53.9 Å². The van der Waals surface area contributed by atoms with Crippen LogP contribution < -0.4 is 5.14 Å². The van der Waals surface area contributed by atoms with E-state index in [1.54, 1.807) is 6.07 Å². The average molecular weight is 411 g/mol. The van der Waals surface area contributed by atoms with Gasteiger partial charge in [-0.3, -0.25) is 0 Å². The van der Waals surface area contributed by atoms with Gasteiger partial charge in [0.1, 0.15) is 5.82 Å². The number of hydrogen-bond acceptors (Lipinski definition) is 4. The van der Waals surface area contributed by atoms with Gasteiger partial charge in [-0.25, -0.2) is 27.3 Å². The zero-order chi connectivity index (χ0) is 19.6. The molecular weight excluding hydrogens is 392 g/mol. The minimum absolute atomic E-state index is 0.00921. The summed E-state index contributed by atoms with van der Waals surface area (Å²) in [5.74, 6) is -0.601. The molecule has 0 atom stereocenters. The lowest BCUT2D eigenvalue weighted by Crippen LogP contribution is -2.11. The molecule has 0 unspecified atom stereocenters. The maximum absolute atomic E-state index is 13.4. The Morgan fingerprint density at radius 2 is 1.93 bits per heavy atom. The number of nitrogens with zero attached hydrogens (tertiary/aromatic N) is 2. The summed E-state index contributed by atoms with van der Waals surface area (Å²) in [6.07, 6.45) is 1.93. The van der Waals surface area contributed by atoms with Crippen LogP contribution in [-0.2, 0) is 22.3 Å². The molecular formula is C18H19F2N3O2S2. The number of halogens is 2. The highest BCUT2D eigenvalue weighted by molar-refractivity contribution is 7.98. The maximum Gasteiger partial charge on any atom is 0.238 e. The highest BCUT2D eigenvalue weighted by Crippen LogP contribution is 2.27. The van der Waals surface area contributed by atoms with E-state index in [1.807, 2.05) is 4.57 Å². The minimum atomic E-state index is -3.81. The molecule has 1 heterocycles. The Labute approximate surface area is 160 Å². The van der Waals surface area contributed by atoms with E-state index in [0.717, 1.165) is 42.9 Å². The molecule has 0 aliphatic heterocycles. The number of thioether (sulfide) groups is 1. The van der Waals surface area contributed by atoms with Crippen LogP contribution in [0.2, 0.25) is 0 Å². The Hall–Kier alpha value is -1.97. The first-order valence-electron chi connectivity index (χ1n) is 8.39. The number of rotatable bonds is 7. The molecule has 0 aliphatic rings. The molecule has 0 saturated carbocycles. The zero-order valence-electron chi connectivity index (χ0n) is 14.7. The summed E-state index contributed by atoms with van der Waals surface area (Å²) in [4.78, 5) is 5.15. The first-order chi connectivity index (χ1) is 12.8. The lowest BCUT2D eigenvalue weighted by molar-refractivity contribution is 0.506. The van der Waals surface area contributed by atoms with Crippen LogP contribution in [0.4, 0.5) is 8.78 Å². The predicted molar refractivity (Wildman–Crippen MR) is 102 cm³/mol. The lowest BCUT2D eigenvalue weighted by atomic mass is 10.3. The number of fused-ring (bicyclic) bond motifs is 1. The lowest BCUT2D eigenvalue weighted by Gasteiger charge is -2.09. The number of aromatic nitrogens is 2. The van der Waals surface area contributed by atoms with Gasteiger partial charge in [-0.1, -0.05) is 13.3 Å². The van der Waals surface area contributed by atoms with Gasteiger partial charge in [0, 0.05) is 11.4 Å². The Balaban J connectivity index is 1.95. The van der Waals surface area contributed by atoms with Gasteiger partial charge in [-0.05, 0) is 42.8 Å². The van der Waals surface area contributed by atoms with Gasteiger partial charge >= 0.3 is 0 Å². The van der Waals surface area contributed by atoms with Gasteiger partial charge < -0.3 is 4.57 Å². The molecule has 0 spiro atoms. The fourth-order valence-electron chi connectivity index (χ4n) is 2.73. The van der Waals surface area contributed by atoms with Gasteiger partial charge in [-0.2, -0.15) is 0 Å². The summed E-state index contributed by atoms with van der Waals surface area (Å²) >= 11 is 1.34. The van der Waals surface area contributed by atoms with E-state index >= 15 is 0 Å². The van der Waals surface area contributed by atoms with Crippen molar-refractivity contribution in [2.24, 2.45) is 5.14 Å². The van der Waals surface area contributed by atoms with Crippen molar-refractivity contribution in [3.63, 3.8) is 0 Å². The zero-order valence-corrected chi connectivity index (χ0v) is 16.3. The molecule has 2 N–H and O–H groups in total. The number of unbranched alkanes of at least 4 members (excludes halogenated alkanes) is 1. The highest BCUT2D eigenvalue weighted by atomic mass is 32.2. The number of aryl methyl sites for hydroxylation is 1. The van der Waals surface area contributed by atoms with Crippen molar-refractivity contribution in [1.82, 2.24) is 9.55 Å². The number of imidazole rings is 1. The molecule has 1 aromatic heterocycles. The summed E-state index contributed by atoms with van der Waals surface area (Å²) in [6.45, 7) is 2.81. The predicted octanol–water partition coefficient (Wildman–Crippen LogP) is 4.05. The summed E-state index contributed by atoms with van der Waals surface area (Å²) in [7, 11) is -3.81. The van der Waals surface area contributed by atoms with Crippen LogP contribution >= 0.6 is 11.8 Å². The van der Waals surface area contributed by atoms with Gasteiger partial charge in [0.25, 0.3) is 0 Å². The summed E-state index contributed by atoms with van der Waals surface area (Å²) < 4.78 is 51.7. The Morgan fingerprint density at radius 3 is 2.59 bits per heavy atom. The third-order valence-electron chi connectivity index (χ3n) is 4.12. The fourth-order valence-corrected chi connectivity index (χ4v) is 4.13. The fraction of sp³-hybridized carbons (Fsp3) is 0.278. The second-order valence-corrected chi connectivity index (χ2v) is 8.70. The molecule has 0 fully saturated rings. The van der Waals surface area contributed by atoms with Crippen LogP contribution in [0.3, 0.4) is 0 Å². The molecule has 0 radical (unpaired) electrons. The van der Waals surface area contributed by atoms with Crippen LogP contribution in [0, 0.1) is 11.6 Å². The van der Waals surface area contributed by atoms with Gasteiger partial charge in [0.05, 0.1) is 21.7 Å². The van der Waals surface area contributed by atoms with Crippen LogP contribution in [0.25, 0.3) is 11.0 Å². The van der Waals surface area contributed by atoms with Crippen molar-refractivity contribution < 1.29 is 17.2 Å². The molecule has 9 heteroatoms. The summed E-state index contributed by atoms with van der Waals surface area (Å²) in [6, 6.07) is 8.38. The first-order valence-corrected chi connectivity index (χ1v) is 10.9. The molecule has 144 valence electrons.